The number of benzene rings is 2. The van der Waals surface area contributed by atoms with Gasteiger partial charge in [-0.2, -0.15) is 0 Å². The lowest BCUT2D eigenvalue weighted by Gasteiger charge is -2.37. The maximum Gasteiger partial charge on any atom is 0.291 e. The van der Waals surface area contributed by atoms with Crippen molar-refractivity contribution >= 4 is 17.2 Å². The van der Waals surface area contributed by atoms with Gasteiger partial charge < -0.3 is 14.8 Å². The summed E-state index contributed by atoms with van der Waals surface area (Å²) in [4.78, 5) is 18.6. The van der Waals surface area contributed by atoms with E-state index in [1.54, 1.807) is 23.9 Å². The van der Waals surface area contributed by atoms with E-state index in [1.807, 2.05) is 41.8 Å². The highest BCUT2D eigenvalue weighted by Gasteiger charge is 2.35. The Balaban J connectivity index is 1.41. The zero-order valence-electron chi connectivity index (χ0n) is 19.2. The summed E-state index contributed by atoms with van der Waals surface area (Å²) in [6, 6.07) is 17.7. The molecule has 0 saturated carbocycles. The monoisotopic (exact) mass is 492 g/mol. The first-order valence-electron chi connectivity index (χ1n) is 11.4. The summed E-state index contributed by atoms with van der Waals surface area (Å²) in [5.74, 6) is 0.687. The van der Waals surface area contributed by atoms with Gasteiger partial charge in [-0.3, -0.25) is 4.79 Å². The highest BCUT2D eigenvalue weighted by Crippen LogP contribution is 2.35. The fourth-order valence-corrected chi connectivity index (χ4v) is 5.04. The number of methoxy groups -OCH3 is 1. The summed E-state index contributed by atoms with van der Waals surface area (Å²) in [6.45, 7) is 1.69. The van der Waals surface area contributed by atoms with Gasteiger partial charge in [-0.15, -0.1) is 16.4 Å². The minimum absolute atomic E-state index is 0.0645. The fourth-order valence-electron chi connectivity index (χ4n) is 4.34. The molecule has 1 N–H and O–H groups in total. The number of carbonyl (C=O) groups is 1. The standard InChI is InChI=1S/C26H25FN4O3S/c1-33-21-10-4-18(5-11-21)26(12-14-34-15-13-26)17-28-25(32)23-29-24(22-3-2-16-35-22)31(30-23)20-8-6-19(27)7-9-20/h2-11,16H,12-15,17H2,1H3,(H,28,32). The maximum atomic E-state index is 13.5. The maximum absolute atomic E-state index is 13.5. The normalized spacial score (nSPS) is 15.0. The molecule has 1 aliphatic rings. The number of thiophene rings is 1. The lowest BCUT2D eigenvalue weighted by atomic mass is 9.74. The van der Waals surface area contributed by atoms with E-state index in [1.165, 1.54) is 23.5 Å². The molecule has 0 aliphatic carbocycles. The van der Waals surface area contributed by atoms with Crippen LogP contribution in [0.4, 0.5) is 4.39 Å². The lowest BCUT2D eigenvalue weighted by molar-refractivity contribution is 0.0486. The van der Waals surface area contributed by atoms with Crippen LogP contribution in [-0.2, 0) is 10.2 Å². The minimum atomic E-state index is -0.358. The zero-order valence-corrected chi connectivity index (χ0v) is 20.1. The number of rotatable bonds is 7. The second-order valence-corrected chi connectivity index (χ2v) is 9.38. The van der Waals surface area contributed by atoms with Crippen molar-refractivity contribution in [3.63, 3.8) is 0 Å². The van der Waals surface area contributed by atoms with Gasteiger partial charge in [0.15, 0.2) is 5.82 Å². The van der Waals surface area contributed by atoms with E-state index in [2.05, 4.69) is 15.4 Å². The Labute approximate surface area is 206 Å². The number of amides is 1. The van der Waals surface area contributed by atoms with Crippen molar-refractivity contribution in [1.82, 2.24) is 20.1 Å². The molecule has 2 aromatic carbocycles. The SMILES string of the molecule is COc1ccc(C2(CNC(=O)c3nc(-c4cccs4)n(-c4ccc(F)cc4)n3)CCOCC2)cc1. The van der Waals surface area contributed by atoms with E-state index in [-0.39, 0.29) is 23.0 Å². The molecular formula is C26H25FN4O3S. The predicted octanol–water partition coefficient (Wildman–Crippen LogP) is 4.62. The van der Waals surface area contributed by atoms with Gasteiger partial charge in [0.25, 0.3) is 5.91 Å². The van der Waals surface area contributed by atoms with E-state index in [4.69, 9.17) is 9.47 Å². The molecule has 7 nitrogen and oxygen atoms in total. The van der Waals surface area contributed by atoms with Crippen LogP contribution in [0.2, 0.25) is 0 Å². The third kappa shape index (κ3) is 4.82. The van der Waals surface area contributed by atoms with Crippen molar-refractivity contribution in [3.8, 4) is 22.1 Å². The highest BCUT2D eigenvalue weighted by molar-refractivity contribution is 7.13. The molecule has 4 aromatic rings. The second-order valence-electron chi connectivity index (χ2n) is 8.43. The van der Waals surface area contributed by atoms with Crippen molar-refractivity contribution in [1.29, 1.82) is 0 Å². The summed E-state index contributed by atoms with van der Waals surface area (Å²) >= 11 is 1.50. The number of hydrogen-bond donors (Lipinski definition) is 1. The molecule has 35 heavy (non-hydrogen) atoms. The van der Waals surface area contributed by atoms with E-state index < -0.39 is 0 Å². The van der Waals surface area contributed by atoms with Crippen LogP contribution < -0.4 is 10.1 Å². The Kier molecular flexibility index (Phi) is 6.61. The summed E-state index contributed by atoms with van der Waals surface area (Å²) in [7, 11) is 1.64. The van der Waals surface area contributed by atoms with Crippen molar-refractivity contribution in [2.24, 2.45) is 0 Å². The van der Waals surface area contributed by atoms with Gasteiger partial charge >= 0.3 is 0 Å². The molecule has 0 spiro atoms. The Morgan fingerprint density at radius 3 is 2.54 bits per heavy atom. The first-order valence-corrected chi connectivity index (χ1v) is 12.2. The molecule has 1 saturated heterocycles. The van der Waals surface area contributed by atoms with Crippen molar-refractivity contribution in [2.75, 3.05) is 26.9 Å². The minimum Gasteiger partial charge on any atom is -0.497 e. The molecule has 0 radical (unpaired) electrons. The molecule has 0 unspecified atom stereocenters. The van der Waals surface area contributed by atoms with Crippen LogP contribution in [0.3, 0.4) is 0 Å². The smallest absolute Gasteiger partial charge is 0.291 e. The van der Waals surface area contributed by atoms with Crippen molar-refractivity contribution in [3.05, 3.63) is 83.2 Å². The predicted molar refractivity (Wildman–Crippen MR) is 132 cm³/mol. The molecule has 5 rings (SSSR count). The average Bonchev–Trinajstić information content (AvgIpc) is 3.59. The lowest BCUT2D eigenvalue weighted by Crippen LogP contribution is -2.44. The summed E-state index contributed by atoms with van der Waals surface area (Å²) in [5.41, 5.74) is 1.50. The van der Waals surface area contributed by atoms with Crippen molar-refractivity contribution < 1.29 is 18.7 Å². The van der Waals surface area contributed by atoms with Crippen LogP contribution in [0.5, 0.6) is 5.75 Å². The van der Waals surface area contributed by atoms with E-state index in [9.17, 15) is 9.18 Å². The van der Waals surface area contributed by atoms with Crippen LogP contribution >= 0.6 is 11.3 Å². The number of carbonyl (C=O) groups excluding carboxylic acids is 1. The number of ether oxygens (including phenoxy) is 2. The number of hydrogen-bond acceptors (Lipinski definition) is 6. The van der Waals surface area contributed by atoms with E-state index in [0.717, 1.165) is 29.0 Å². The zero-order chi connectivity index (χ0) is 24.3. The topological polar surface area (TPSA) is 78.3 Å². The fraction of sp³-hybridized carbons (Fsp3) is 0.269. The molecule has 0 atom stereocenters. The molecule has 1 amide bonds. The number of aromatic nitrogens is 3. The Morgan fingerprint density at radius 2 is 1.89 bits per heavy atom. The van der Waals surface area contributed by atoms with Gasteiger partial charge in [-0.05, 0) is 66.2 Å². The number of nitrogens with zero attached hydrogens (tertiary/aromatic N) is 3. The molecule has 2 aromatic heterocycles. The Hall–Kier alpha value is -3.56. The molecule has 0 bridgehead atoms. The summed E-state index contributed by atoms with van der Waals surface area (Å²) < 4.78 is 26.0. The summed E-state index contributed by atoms with van der Waals surface area (Å²) in [5, 5.41) is 9.48. The third-order valence-corrected chi connectivity index (χ3v) is 7.23. The van der Waals surface area contributed by atoms with Crippen LogP contribution in [0.15, 0.2) is 66.0 Å². The molecule has 1 aliphatic heterocycles. The van der Waals surface area contributed by atoms with Gasteiger partial charge in [0.05, 0.1) is 17.7 Å². The molecule has 180 valence electrons. The summed E-state index contributed by atoms with van der Waals surface area (Å²) in [6.07, 6.45) is 1.58. The molecular weight excluding hydrogens is 467 g/mol. The quantitative estimate of drug-likeness (QED) is 0.407. The first kappa shape index (κ1) is 23.2. The Morgan fingerprint density at radius 1 is 1.14 bits per heavy atom. The van der Waals surface area contributed by atoms with Gasteiger partial charge in [0, 0.05) is 25.2 Å². The molecule has 9 heteroatoms. The van der Waals surface area contributed by atoms with Gasteiger partial charge in [0.1, 0.15) is 11.6 Å². The number of halogens is 1. The molecule has 3 heterocycles. The van der Waals surface area contributed by atoms with Crippen LogP contribution in [0.25, 0.3) is 16.4 Å². The second kappa shape index (κ2) is 9.97. The van der Waals surface area contributed by atoms with Gasteiger partial charge in [-0.1, -0.05) is 18.2 Å². The van der Waals surface area contributed by atoms with Crippen LogP contribution in [0.1, 0.15) is 29.0 Å². The third-order valence-electron chi connectivity index (χ3n) is 6.36. The Bertz CT molecular complexity index is 1280. The van der Waals surface area contributed by atoms with Crippen molar-refractivity contribution in [2.45, 2.75) is 18.3 Å². The van der Waals surface area contributed by atoms with Gasteiger partial charge in [-0.25, -0.2) is 14.1 Å². The van der Waals surface area contributed by atoms with E-state index in [0.29, 0.717) is 31.3 Å². The van der Waals surface area contributed by atoms with Gasteiger partial charge in [0.2, 0.25) is 5.82 Å². The largest absolute Gasteiger partial charge is 0.497 e. The van der Waals surface area contributed by atoms with E-state index >= 15 is 0 Å². The number of nitrogens with one attached hydrogen (secondary N) is 1. The molecule has 1 fully saturated rings. The highest BCUT2D eigenvalue weighted by atomic mass is 32.1. The average molecular weight is 493 g/mol. The van der Waals surface area contributed by atoms with Crippen LogP contribution in [0, 0.1) is 5.82 Å². The first-order chi connectivity index (χ1) is 17.1. The van der Waals surface area contributed by atoms with Crippen LogP contribution in [-0.4, -0.2) is 47.5 Å².